The highest BCUT2D eigenvalue weighted by Crippen LogP contribution is 2.32. The van der Waals surface area contributed by atoms with Crippen LogP contribution in [0, 0.1) is 0 Å². The molecule has 0 spiro atoms. The second-order valence-corrected chi connectivity index (χ2v) is 6.62. The van der Waals surface area contributed by atoms with Gasteiger partial charge < -0.3 is 19.7 Å². The Kier molecular flexibility index (Phi) is 4.73. The van der Waals surface area contributed by atoms with E-state index < -0.39 is 17.7 Å². The van der Waals surface area contributed by atoms with Gasteiger partial charge in [-0.3, -0.25) is 0 Å². The summed E-state index contributed by atoms with van der Waals surface area (Å²) in [4.78, 5) is 22.5. The fourth-order valence-corrected chi connectivity index (χ4v) is 2.59. The van der Waals surface area contributed by atoms with Gasteiger partial charge in [0.1, 0.15) is 5.60 Å². The number of nitrogens with zero attached hydrogens (tertiary/aromatic N) is 1. The van der Waals surface area contributed by atoms with E-state index in [0.717, 1.165) is 25.7 Å². The molecule has 2 N–H and O–H groups in total. The Morgan fingerprint density at radius 2 is 1.95 bits per heavy atom. The summed E-state index contributed by atoms with van der Waals surface area (Å²) in [6.45, 7) is 5.48. The Morgan fingerprint density at radius 3 is 2.45 bits per heavy atom. The molecule has 1 amide bonds. The van der Waals surface area contributed by atoms with Crippen molar-refractivity contribution in [2.75, 3.05) is 0 Å². The van der Waals surface area contributed by atoms with Gasteiger partial charge in [0.15, 0.2) is 0 Å². The molecule has 0 saturated heterocycles. The summed E-state index contributed by atoms with van der Waals surface area (Å²) < 4.78 is 10.0. The summed E-state index contributed by atoms with van der Waals surface area (Å²) in [6, 6.07) is 1.56. The van der Waals surface area contributed by atoms with Gasteiger partial charge in [-0.2, -0.15) is 0 Å². The van der Waals surface area contributed by atoms with Crippen molar-refractivity contribution in [2.45, 2.75) is 64.0 Å². The van der Waals surface area contributed by atoms with Gasteiger partial charge in [0.05, 0.1) is 5.69 Å². The number of ether oxygens (including phenoxy) is 1. The molecule has 122 valence electrons. The SMILES string of the molecule is CC(C)(C)OC(=O)NC1CCC(c2cc(C(=O)O)on2)CC1. The van der Waals surface area contributed by atoms with Crippen LogP contribution < -0.4 is 5.32 Å². The van der Waals surface area contributed by atoms with E-state index >= 15 is 0 Å². The number of carbonyl (C=O) groups is 2. The molecule has 1 aromatic rings. The number of aromatic nitrogens is 1. The monoisotopic (exact) mass is 310 g/mol. The highest BCUT2D eigenvalue weighted by Gasteiger charge is 2.27. The molecule has 0 bridgehead atoms. The molecular formula is C15H22N2O5. The molecule has 2 rings (SSSR count). The summed E-state index contributed by atoms with van der Waals surface area (Å²) in [5.41, 5.74) is 0.169. The molecule has 0 aromatic carbocycles. The highest BCUT2D eigenvalue weighted by atomic mass is 16.6. The quantitative estimate of drug-likeness (QED) is 0.890. The Balaban J connectivity index is 1.82. The third-order valence-electron chi connectivity index (χ3n) is 3.61. The van der Waals surface area contributed by atoms with Gasteiger partial charge >= 0.3 is 12.1 Å². The normalized spacial score (nSPS) is 22.1. The number of carboxylic acid groups (broad SMARTS) is 1. The zero-order valence-corrected chi connectivity index (χ0v) is 13.1. The lowest BCUT2D eigenvalue weighted by Gasteiger charge is -2.29. The molecule has 7 heteroatoms. The average molecular weight is 310 g/mol. The van der Waals surface area contributed by atoms with E-state index in [9.17, 15) is 9.59 Å². The summed E-state index contributed by atoms with van der Waals surface area (Å²) >= 11 is 0. The van der Waals surface area contributed by atoms with Crippen molar-refractivity contribution in [1.29, 1.82) is 0 Å². The maximum atomic E-state index is 11.7. The molecule has 0 unspecified atom stereocenters. The van der Waals surface area contributed by atoms with Crippen LogP contribution >= 0.6 is 0 Å². The summed E-state index contributed by atoms with van der Waals surface area (Å²) in [7, 11) is 0. The second-order valence-electron chi connectivity index (χ2n) is 6.62. The van der Waals surface area contributed by atoms with E-state index in [2.05, 4.69) is 10.5 Å². The molecule has 1 heterocycles. The number of alkyl carbamates (subject to hydrolysis) is 1. The standard InChI is InChI=1S/C15H22N2O5/c1-15(2,3)21-14(20)16-10-6-4-9(5-7-10)11-8-12(13(18)19)22-17-11/h8-10H,4-7H2,1-3H3,(H,16,20)(H,18,19). The number of hydrogen-bond acceptors (Lipinski definition) is 5. The van der Waals surface area contributed by atoms with Crippen LogP contribution in [0.5, 0.6) is 0 Å². The van der Waals surface area contributed by atoms with Crippen LogP contribution in [0.2, 0.25) is 0 Å². The van der Waals surface area contributed by atoms with Crippen LogP contribution in [0.1, 0.15) is 68.6 Å². The van der Waals surface area contributed by atoms with Crippen LogP contribution in [0.3, 0.4) is 0 Å². The van der Waals surface area contributed by atoms with Gasteiger partial charge in [-0.15, -0.1) is 0 Å². The molecule has 1 aliphatic rings. The number of carbonyl (C=O) groups excluding carboxylic acids is 1. The van der Waals surface area contributed by atoms with Gasteiger partial charge in [-0.05, 0) is 46.5 Å². The first-order valence-corrected chi connectivity index (χ1v) is 7.44. The van der Waals surface area contributed by atoms with Crippen molar-refractivity contribution in [3.63, 3.8) is 0 Å². The van der Waals surface area contributed by atoms with Crippen LogP contribution in [-0.4, -0.2) is 34.0 Å². The Bertz CT molecular complexity index is 538. The molecule has 22 heavy (non-hydrogen) atoms. The summed E-state index contributed by atoms with van der Waals surface area (Å²) in [6.07, 6.45) is 2.86. The van der Waals surface area contributed by atoms with E-state index in [4.69, 9.17) is 14.4 Å². The molecule has 1 saturated carbocycles. The van der Waals surface area contributed by atoms with Gasteiger partial charge in [-0.1, -0.05) is 5.16 Å². The maximum absolute atomic E-state index is 11.7. The molecule has 1 fully saturated rings. The first kappa shape index (κ1) is 16.3. The largest absolute Gasteiger partial charge is 0.475 e. The maximum Gasteiger partial charge on any atom is 0.407 e. The lowest BCUT2D eigenvalue weighted by molar-refractivity contribution is 0.0490. The van der Waals surface area contributed by atoms with Crippen LogP contribution in [0.4, 0.5) is 4.79 Å². The second kappa shape index (κ2) is 6.37. The molecule has 0 radical (unpaired) electrons. The van der Waals surface area contributed by atoms with E-state index in [1.54, 1.807) is 0 Å². The van der Waals surface area contributed by atoms with Crippen molar-refractivity contribution < 1.29 is 24.0 Å². The van der Waals surface area contributed by atoms with Gasteiger partial charge in [0.25, 0.3) is 0 Å². The topological polar surface area (TPSA) is 102 Å². The van der Waals surface area contributed by atoms with E-state index in [1.165, 1.54) is 6.07 Å². The van der Waals surface area contributed by atoms with Crippen molar-refractivity contribution in [1.82, 2.24) is 10.5 Å². The minimum absolute atomic E-state index is 0.0805. The van der Waals surface area contributed by atoms with Gasteiger partial charge in [0.2, 0.25) is 5.76 Å². The minimum atomic E-state index is -1.11. The van der Waals surface area contributed by atoms with Crippen molar-refractivity contribution in [3.8, 4) is 0 Å². The third kappa shape index (κ3) is 4.47. The molecule has 1 aromatic heterocycles. The molecule has 1 aliphatic carbocycles. The smallest absolute Gasteiger partial charge is 0.407 e. The number of aromatic carboxylic acids is 1. The Hall–Kier alpha value is -2.05. The average Bonchev–Trinajstić information content (AvgIpc) is 2.87. The Labute approximate surface area is 129 Å². The number of hydrogen-bond donors (Lipinski definition) is 2. The number of nitrogens with one attached hydrogen (secondary N) is 1. The van der Waals surface area contributed by atoms with Crippen LogP contribution in [0.25, 0.3) is 0 Å². The first-order chi connectivity index (χ1) is 10.2. The zero-order valence-electron chi connectivity index (χ0n) is 13.1. The lowest BCUT2D eigenvalue weighted by Crippen LogP contribution is -2.40. The van der Waals surface area contributed by atoms with Crippen molar-refractivity contribution in [3.05, 3.63) is 17.5 Å². The van der Waals surface area contributed by atoms with Gasteiger partial charge in [0, 0.05) is 18.0 Å². The van der Waals surface area contributed by atoms with E-state index in [-0.39, 0.29) is 17.7 Å². The van der Waals surface area contributed by atoms with E-state index in [0.29, 0.717) is 5.69 Å². The zero-order chi connectivity index (χ0) is 16.3. The number of carboxylic acids is 1. The van der Waals surface area contributed by atoms with Crippen molar-refractivity contribution >= 4 is 12.1 Å². The van der Waals surface area contributed by atoms with Crippen molar-refractivity contribution in [2.24, 2.45) is 0 Å². The first-order valence-electron chi connectivity index (χ1n) is 7.44. The lowest BCUT2D eigenvalue weighted by atomic mass is 9.84. The predicted molar refractivity (Wildman–Crippen MR) is 77.8 cm³/mol. The molecular weight excluding hydrogens is 288 g/mol. The Morgan fingerprint density at radius 1 is 1.32 bits per heavy atom. The highest BCUT2D eigenvalue weighted by molar-refractivity contribution is 5.84. The fraction of sp³-hybridized carbons (Fsp3) is 0.667. The van der Waals surface area contributed by atoms with Crippen LogP contribution in [-0.2, 0) is 4.74 Å². The minimum Gasteiger partial charge on any atom is -0.475 e. The van der Waals surface area contributed by atoms with E-state index in [1.807, 2.05) is 20.8 Å². The molecule has 0 atom stereocenters. The fourth-order valence-electron chi connectivity index (χ4n) is 2.59. The number of rotatable bonds is 3. The summed E-state index contributed by atoms with van der Waals surface area (Å²) in [5.74, 6) is -1.07. The molecule has 0 aliphatic heterocycles. The molecule has 7 nitrogen and oxygen atoms in total. The van der Waals surface area contributed by atoms with Crippen LogP contribution in [0.15, 0.2) is 10.6 Å². The van der Waals surface area contributed by atoms with Gasteiger partial charge in [-0.25, -0.2) is 9.59 Å². The summed E-state index contributed by atoms with van der Waals surface area (Å²) in [5, 5.41) is 15.5. The third-order valence-corrected chi connectivity index (χ3v) is 3.61. The number of amides is 1. The predicted octanol–water partition coefficient (Wildman–Crippen LogP) is 2.92.